The number of anilines is 1. The zero-order valence-electron chi connectivity index (χ0n) is 13.4. The number of hydrogen-bond acceptors (Lipinski definition) is 5. The highest BCUT2D eigenvalue weighted by Crippen LogP contribution is 2.33. The summed E-state index contributed by atoms with van der Waals surface area (Å²) in [6.45, 7) is 1.56. The molecule has 1 fully saturated rings. The van der Waals surface area contributed by atoms with E-state index in [1.807, 2.05) is 4.90 Å². The summed E-state index contributed by atoms with van der Waals surface area (Å²) in [7, 11) is -2.34. The Morgan fingerprint density at radius 3 is 2.33 bits per heavy atom. The van der Waals surface area contributed by atoms with Crippen molar-refractivity contribution in [1.82, 2.24) is 0 Å². The first-order valence-electron chi connectivity index (χ1n) is 7.81. The molecule has 0 spiro atoms. The minimum Gasteiger partial charge on any atom is -0.465 e. The maximum Gasteiger partial charge on any atom is 0.337 e. The van der Waals surface area contributed by atoms with E-state index < -0.39 is 15.8 Å². The van der Waals surface area contributed by atoms with Crippen LogP contribution in [-0.4, -0.2) is 34.6 Å². The number of esters is 1. The molecule has 0 atom stereocenters. The Morgan fingerprint density at radius 1 is 1.04 bits per heavy atom. The summed E-state index contributed by atoms with van der Waals surface area (Å²) >= 11 is 0. The Balaban J connectivity index is 2.14. The molecular formula is C18H19NO4S. The average Bonchev–Trinajstić information content (AvgIpc) is 3.16. The van der Waals surface area contributed by atoms with Gasteiger partial charge in [-0.3, -0.25) is 0 Å². The first-order chi connectivity index (χ1) is 11.5. The maximum atomic E-state index is 13.0. The molecule has 0 amide bonds. The van der Waals surface area contributed by atoms with Gasteiger partial charge in [0.25, 0.3) is 0 Å². The standard InChI is InChI=1S/C18H19NO4S/c1-23-18(20)14-9-10-17(16(13-14)19-11-5-6-12-19)24(21,22)15-7-3-2-4-8-15/h2-4,7-10,13H,5-6,11-12H2,1H3. The van der Waals surface area contributed by atoms with Crippen LogP contribution in [-0.2, 0) is 14.6 Å². The topological polar surface area (TPSA) is 63.7 Å². The van der Waals surface area contributed by atoms with Gasteiger partial charge in [-0.15, -0.1) is 0 Å². The number of hydrogen-bond donors (Lipinski definition) is 0. The predicted molar refractivity (Wildman–Crippen MR) is 91.1 cm³/mol. The van der Waals surface area contributed by atoms with Gasteiger partial charge in [0.2, 0.25) is 9.84 Å². The van der Waals surface area contributed by atoms with Crippen molar-refractivity contribution in [3.8, 4) is 0 Å². The fourth-order valence-electron chi connectivity index (χ4n) is 2.92. The smallest absolute Gasteiger partial charge is 0.337 e. The predicted octanol–water partition coefficient (Wildman–Crippen LogP) is 2.91. The quantitative estimate of drug-likeness (QED) is 0.797. The lowest BCUT2D eigenvalue weighted by molar-refractivity contribution is 0.0600. The normalized spacial score (nSPS) is 14.6. The second-order valence-electron chi connectivity index (χ2n) is 5.68. The highest BCUT2D eigenvalue weighted by Gasteiger charge is 2.26. The Hall–Kier alpha value is -2.34. The molecule has 0 radical (unpaired) electrons. The van der Waals surface area contributed by atoms with Crippen LogP contribution in [0.4, 0.5) is 5.69 Å². The van der Waals surface area contributed by atoms with Crippen LogP contribution in [0.5, 0.6) is 0 Å². The fraction of sp³-hybridized carbons (Fsp3) is 0.278. The van der Waals surface area contributed by atoms with Gasteiger partial charge in [-0.2, -0.15) is 0 Å². The van der Waals surface area contributed by atoms with Gasteiger partial charge in [-0.1, -0.05) is 18.2 Å². The highest BCUT2D eigenvalue weighted by atomic mass is 32.2. The van der Waals surface area contributed by atoms with Crippen LogP contribution in [0.1, 0.15) is 23.2 Å². The number of ether oxygens (including phenoxy) is 1. The summed E-state index contributed by atoms with van der Waals surface area (Å²) in [5.41, 5.74) is 0.922. The van der Waals surface area contributed by atoms with Crippen molar-refractivity contribution >= 4 is 21.5 Å². The molecule has 6 heteroatoms. The van der Waals surface area contributed by atoms with Crippen molar-refractivity contribution in [2.24, 2.45) is 0 Å². The molecule has 2 aromatic rings. The van der Waals surface area contributed by atoms with Gasteiger partial charge >= 0.3 is 5.97 Å². The third-order valence-electron chi connectivity index (χ3n) is 4.17. The second-order valence-corrected chi connectivity index (χ2v) is 7.60. The molecule has 0 unspecified atom stereocenters. The summed E-state index contributed by atoms with van der Waals surface area (Å²) in [5, 5.41) is 0. The van der Waals surface area contributed by atoms with Crippen molar-refractivity contribution in [1.29, 1.82) is 0 Å². The summed E-state index contributed by atoms with van der Waals surface area (Å²) < 4.78 is 30.8. The van der Waals surface area contributed by atoms with E-state index in [1.165, 1.54) is 19.2 Å². The van der Waals surface area contributed by atoms with Gasteiger partial charge in [-0.25, -0.2) is 13.2 Å². The molecule has 0 bridgehead atoms. The van der Waals surface area contributed by atoms with Gasteiger partial charge in [0.05, 0.1) is 28.2 Å². The van der Waals surface area contributed by atoms with Crippen molar-refractivity contribution in [2.75, 3.05) is 25.1 Å². The summed E-state index contributed by atoms with van der Waals surface area (Å²) in [4.78, 5) is 14.3. The van der Waals surface area contributed by atoms with Gasteiger partial charge < -0.3 is 9.64 Å². The number of sulfone groups is 1. The molecule has 126 valence electrons. The van der Waals surface area contributed by atoms with Crippen LogP contribution < -0.4 is 4.90 Å². The zero-order valence-corrected chi connectivity index (χ0v) is 14.3. The lowest BCUT2D eigenvalue weighted by Crippen LogP contribution is -2.21. The number of benzene rings is 2. The van der Waals surface area contributed by atoms with Crippen molar-refractivity contribution in [3.63, 3.8) is 0 Å². The largest absolute Gasteiger partial charge is 0.465 e. The molecule has 1 saturated heterocycles. The number of carbonyl (C=O) groups is 1. The third-order valence-corrected chi connectivity index (χ3v) is 5.99. The lowest BCUT2D eigenvalue weighted by Gasteiger charge is -2.22. The number of nitrogens with zero attached hydrogens (tertiary/aromatic N) is 1. The fourth-order valence-corrected chi connectivity index (χ4v) is 4.40. The molecular weight excluding hydrogens is 326 g/mol. The molecule has 0 N–H and O–H groups in total. The molecule has 0 aromatic heterocycles. The van der Waals surface area contributed by atoms with E-state index in [1.54, 1.807) is 36.4 Å². The van der Waals surface area contributed by atoms with Crippen molar-refractivity contribution in [3.05, 3.63) is 54.1 Å². The third kappa shape index (κ3) is 3.01. The number of methoxy groups -OCH3 is 1. The van der Waals surface area contributed by atoms with E-state index in [9.17, 15) is 13.2 Å². The zero-order chi connectivity index (χ0) is 17.2. The van der Waals surface area contributed by atoms with Crippen LogP contribution in [0.25, 0.3) is 0 Å². The summed E-state index contributed by atoms with van der Waals surface area (Å²) in [5.74, 6) is -0.473. The van der Waals surface area contributed by atoms with Crippen LogP contribution in [0.2, 0.25) is 0 Å². The summed E-state index contributed by atoms with van der Waals surface area (Å²) in [6, 6.07) is 13.0. The van der Waals surface area contributed by atoms with Gasteiger partial charge in [-0.05, 0) is 43.2 Å². The first-order valence-corrected chi connectivity index (χ1v) is 9.30. The second kappa shape index (κ2) is 6.65. The molecule has 24 heavy (non-hydrogen) atoms. The molecule has 0 saturated carbocycles. The van der Waals surface area contributed by atoms with Crippen LogP contribution in [0, 0.1) is 0 Å². The Kier molecular flexibility index (Phi) is 4.57. The van der Waals surface area contributed by atoms with Gasteiger partial charge in [0.15, 0.2) is 0 Å². The van der Waals surface area contributed by atoms with Gasteiger partial charge in [0, 0.05) is 13.1 Å². The minimum absolute atomic E-state index is 0.225. The summed E-state index contributed by atoms with van der Waals surface area (Å²) in [6.07, 6.45) is 2.01. The van der Waals surface area contributed by atoms with E-state index >= 15 is 0 Å². The van der Waals surface area contributed by atoms with Crippen molar-refractivity contribution < 1.29 is 17.9 Å². The highest BCUT2D eigenvalue weighted by molar-refractivity contribution is 7.91. The van der Waals surface area contributed by atoms with Crippen LogP contribution >= 0.6 is 0 Å². The molecule has 3 rings (SSSR count). The van der Waals surface area contributed by atoms with Crippen molar-refractivity contribution in [2.45, 2.75) is 22.6 Å². The monoisotopic (exact) mass is 345 g/mol. The van der Waals surface area contributed by atoms with Gasteiger partial charge in [0.1, 0.15) is 0 Å². The molecule has 1 aliphatic heterocycles. The average molecular weight is 345 g/mol. The minimum atomic E-state index is -3.65. The Morgan fingerprint density at radius 2 is 1.71 bits per heavy atom. The first kappa shape index (κ1) is 16.5. The van der Waals surface area contributed by atoms with E-state index in [0.717, 1.165) is 25.9 Å². The van der Waals surface area contributed by atoms with Crippen LogP contribution in [0.3, 0.4) is 0 Å². The molecule has 1 aliphatic rings. The van der Waals surface area contributed by atoms with E-state index in [-0.39, 0.29) is 9.79 Å². The SMILES string of the molecule is COC(=O)c1ccc(S(=O)(=O)c2ccccc2)c(N2CCCC2)c1. The van der Waals surface area contributed by atoms with E-state index in [4.69, 9.17) is 4.74 Å². The van der Waals surface area contributed by atoms with Crippen LogP contribution in [0.15, 0.2) is 58.3 Å². The van der Waals surface area contributed by atoms with E-state index in [2.05, 4.69) is 0 Å². The Bertz CT molecular complexity index is 841. The molecule has 0 aliphatic carbocycles. The Labute approximate surface area is 141 Å². The molecule has 1 heterocycles. The number of carbonyl (C=O) groups excluding carboxylic acids is 1. The molecule has 2 aromatic carbocycles. The lowest BCUT2D eigenvalue weighted by atomic mass is 10.2. The molecule has 5 nitrogen and oxygen atoms in total. The number of rotatable bonds is 4. The van der Waals surface area contributed by atoms with E-state index in [0.29, 0.717) is 11.3 Å². The maximum absolute atomic E-state index is 13.0.